The molecule has 0 aliphatic rings. The summed E-state index contributed by atoms with van der Waals surface area (Å²) in [5.74, 6) is 0.406. The highest BCUT2D eigenvalue weighted by Gasteiger charge is 2.19. The van der Waals surface area contributed by atoms with Crippen molar-refractivity contribution in [3.05, 3.63) is 44.7 Å². The van der Waals surface area contributed by atoms with Crippen molar-refractivity contribution in [1.29, 1.82) is 0 Å². The lowest BCUT2D eigenvalue weighted by Crippen LogP contribution is -2.16. The molecule has 0 aliphatic heterocycles. The maximum atomic E-state index is 12.5. The molecule has 0 atom stereocenters. The van der Waals surface area contributed by atoms with E-state index in [1.54, 1.807) is 24.3 Å². The van der Waals surface area contributed by atoms with Crippen LogP contribution in [-0.4, -0.2) is 39.0 Å². The van der Waals surface area contributed by atoms with Gasteiger partial charge in [-0.15, -0.1) is 32.9 Å². The summed E-state index contributed by atoms with van der Waals surface area (Å²) in [5.41, 5.74) is 0.406. The summed E-state index contributed by atoms with van der Waals surface area (Å²) in [6.07, 6.45) is 1.50. The molecule has 0 bridgehead atoms. The van der Waals surface area contributed by atoms with Gasteiger partial charge in [-0.2, -0.15) is 0 Å². The molecular weight excluding hydrogens is 428 g/mol. The van der Waals surface area contributed by atoms with Crippen LogP contribution < -0.4 is 5.32 Å². The van der Waals surface area contributed by atoms with E-state index in [4.69, 9.17) is 4.74 Å². The molecule has 1 N–H and O–H groups in total. The van der Waals surface area contributed by atoms with Gasteiger partial charge in [0.15, 0.2) is 5.16 Å². The number of hydrogen-bond donors (Lipinski definition) is 1. The SMILES string of the molecule is CCOC(=O)c1cc(CC)sc1NC(=O)CSc1nnc(Cc2cccs2)n1C. The first-order valence-corrected chi connectivity index (χ1v) is 11.8. The molecule has 154 valence electrons. The number of hydrogen-bond acceptors (Lipinski definition) is 8. The average Bonchev–Trinajstić information content (AvgIpc) is 3.43. The van der Waals surface area contributed by atoms with Gasteiger partial charge in [0.2, 0.25) is 5.91 Å². The lowest BCUT2D eigenvalue weighted by molar-refractivity contribution is -0.113. The summed E-state index contributed by atoms with van der Waals surface area (Å²) >= 11 is 4.39. The van der Waals surface area contributed by atoms with Crippen molar-refractivity contribution in [2.24, 2.45) is 7.05 Å². The van der Waals surface area contributed by atoms with Crippen LogP contribution in [0.25, 0.3) is 0 Å². The Morgan fingerprint density at radius 2 is 2.10 bits per heavy atom. The highest BCUT2D eigenvalue weighted by Crippen LogP contribution is 2.30. The van der Waals surface area contributed by atoms with Crippen LogP contribution in [0.15, 0.2) is 28.7 Å². The first kappa shape index (κ1) is 21.5. The number of rotatable bonds is 9. The van der Waals surface area contributed by atoms with Crippen LogP contribution in [0.2, 0.25) is 0 Å². The van der Waals surface area contributed by atoms with E-state index in [1.807, 2.05) is 30.0 Å². The maximum absolute atomic E-state index is 12.5. The molecule has 0 spiro atoms. The number of esters is 1. The van der Waals surface area contributed by atoms with Crippen molar-refractivity contribution < 1.29 is 14.3 Å². The van der Waals surface area contributed by atoms with Gasteiger partial charge in [-0.25, -0.2) is 4.79 Å². The van der Waals surface area contributed by atoms with Gasteiger partial charge in [-0.3, -0.25) is 4.79 Å². The van der Waals surface area contributed by atoms with Crippen molar-refractivity contribution in [2.45, 2.75) is 31.8 Å². The lowest BCUT2D eigenvalue weighted by Gasteiger charge is -2.06. The number of thioether (sulfide) groups is 1. The van der Waals surface area contributed by atoms with Crippen LogP contribution in [0.3, 0.4) is 0 Å². The summed E-state index contributed by atoms with van der Waals surface area (Å²) in [4.78, 5) is 26.8. The Morgan fingerprint density at radius 3 is 2.79 bits per heavy atom. The maximum Gasteiger partial charge on any atom is 0.341 e. The third-order valence-electron chi connectivity index (χ3n) is 4.05. The van der Waals surface area contributed by atoms with Crippen molar-refractivity contribution in [2.75, 3.05) is 17.7 Å². The van der Waals surface area contributed by atoms with Gasteiger partial charge in [-0.05, 0) is 30.9 Å². The van der Waals surface area contributed by atoms with Gasteiger partial charge in [-0.1, -0.05) is 24.8 Å². The molecule has 3 heterocycles. The fraction of sp³-hybridized carbons (Fsp3) is 0.368. The fourth-order valence-corrected chi connectivity index (χ4v) is 4.99. The zero-order valence-electron chi connectivity index (χ0n) is 16.4. The molecule has 29 heavy (non-hydrogen) atoms. The molecule has 0 unspecified atom stereocenters. The number of anilines is 1. The van der Waals surface area contributed by atoms with Crippen molar-refractivity contribution in [3.8, 4) is 0 Å². The second-order valence-electron chi connectivity index (χ2n) is 6.08. The highest BCUT2D eigenvalue weighted by atomic mass is 32.2. The Hall–Kier alpha value is -2.17. The molecule has 3 rings (SSSR count). The molecule has 0 saturated heterocycles. The minimum Gasteiger partial charge on any atom is -0.462 e. The van der Waals surface area contributed by atoms with Gasteiger partial charge < -0.3 is 14.6 Å². The van der Waals surface area contributed by atoms with Crippen LogP contribution in [0.1, 0.15) is 39.8 Å². The number of ether oxygens (including phenoxy) is 1. The fourth-order valence-electron chi connectivity index (χ4n) is 2.56. The number of thiophene rings is 2. The summed E-state index contributed by atoms with van der Waals surface area (Å²) < 4.78 is 6.99. The van der Waals surface area contributed by atoms with Crippen LogP contribution in [0.4, 0.5) is 5.00 Å². The molecule has 0 radical (unpaired) electrons. The predicted octanol–water partition coefficient (Wildman–Crippen LogP) is 4.00. The van der Waals surface area contributed by atoms with Crippen LogP contribution in [-0.2, 0) is 29.4 Å². The molecule has 1 amide bonds. The normalized spacial score (nSPS) is 10.9. The molecule has 10 heteroatoms. The smallest absolute Gasteiger partial charge is 0.341 e. The van der Waals surface area contributed by atoms with Crippen LogP contribution in [0, 0.1) is 0 Å². The average molecular weight is 451 g/mol. The van der Waals surface area contributed by atoms with Crippen molar-refractivity contribution in [1.82, 2.24) is 14.8 Å². The van der Waals surface area contributed by atoms with E-state index in [2.05, 4.69) is 21.6 Å². The number of nitrogens with zero attached hydrogens (tertiary/aromatic N) is 3. The van der Waals surface area contributed by atoms with Gasteiger partial charge >= 0.3 is 5.97 Å². The van der Waals surface area contributed by atoms with Crippen LogP contribution in [0.5, 0.6) is 0 Å². The lowest BCUT2D eigenvalue weighted by atomic mass is 10.2. The Balaban J connectivity index is 1.61. The molecule has 0 aliphatic carbocycles. The topological polar surface area (TPSA) is 86.1 Å². The number of amides is 1. The van der Waals surface area contributed by atoms with E-state index in [-0.39, 0.29) is 11.7 Å². The standard InChI is InChI=1S/C19H22N4O3S3/c1-4-12-9-14(18(25)26-5-2)17(29-12)20-16(24)11-28-19-22-21-15(23(19)3)10-13-7-6-8-27-13/h6-9H,4-5,10-11H2,1-3H3,(H,20,24). The monoisotopic (exact) mass is 450 g/mol. The summed E-state index contributed by atoms with van der Waals surface area (Å²) in [6.45, 7) is 4.05. The molecule has 3 aromatic heterocycles. The van der Waals surface area contributed by atoms with Gasteiger partial charge in [0, 0.05) is 23.2 Å². The minimum atomic E-state index is -0.419. The first-order valence-electron chi connectivity index (χ1n) is 9.14. The molecule has 3 aromatic rings. The predicted molar refractivity (Wildman–Crippen MR) is 117 cm³/mol. The molecule has 7 nitrogen and oxygen atoms in total. The molecule has 0 aromatic carbocycles. The molecule has 0 fully saturated rings. The van der Waals surface area contributed by atoms with E-state index in [1.165, 1.54) is 28.0 Å². The van der Waals surface area contributed by atoms with Crippen molar-refractivity contribution in [3.63, 3.8) is 0 Å². The summed E-state index contributed by atoms with van der Waals surface area (Å²) in [7, 11) is 1.90. The highest BCUT2D eigenvalue weighted by molar-refractivity contribution is 7.99. The Labute approximate surface area is 181 Å². The van der Waals surface area contributed by atoms with Gasteiger partial charge in [0.1, 0.15) is 10.8 Å². The zero-order valence-corrected chi connectivity index (χ0v) is 18.9. The Kier molecular flexibility index (Phi) is 7.45. The number of carbonyl (C=O) groups excluding carboxylic acids is 2. The number of aryl methyl sites for hydroxylation is 1. The zero-order chi connectivity index (χ0) is 20.8. The summed E-state index contributed by atoms with van der Waals surface area (Å²) in [5, 5.41) is 14.5. The van der Waals surface area contributed by atoms with E-state index in [0.29, 0.717) is 28.7 Å². The van der Waals surface area contributed by atoms with E-state index >= 15 is 0 Å². The molecule has 0 saturated carbocycles. The number of carbonyl (C=O) groups is 2. The largest absolute Gasteiger partial charge is 0.462 e. The van der Waals surface area contributed by atoms with E-state index < -0.39 is 5.97 Å². The minimum absolute atomic E-state index is 0.173. The first-order chi connectivity index (χ1) is 14.0. The van der Waals surface area contributed by atoms with E-state index in [0.717, 1.165) is 17.1 Å². The van der Waals surface area contributed by atoms with Crippen LogP contribution >= 0.6 is 34.4 Å². The van der Waals surface area contributed by atoms with Crippen molar-refractivity contribution >= 4 is 51.3 Å². The van der Waals surface area contributed by atoms with Gasteiger partial charge in [0.25, 0.3) is 0 Å². The Morgan fingerprint density at radius 1 is 1.28 bits per heavy atom. The summed E-state index contributed by atoms with van der Waals surface area (Å²) in [6, 6.07) is 5.85. The van der Waals surface area contributed by atoms with E-state index in [9.17, 15) is 9.59 Å². The van der Waals surface area contributed by atoms with Gasteiger partial charge in [0.05, 0.1) is 17.9 Å². The quantitative estimate of drug-likeness (QED) is 0.392. The Bertz CT molecular complexity index is 979. The third kappa shape index (κ3) is 5.46. The number of aromatic nitrogens is 3. The molecular formula is C19H22N4O3S3. The second-order valence-corrected chi connectivity index (χ2v) is 9.19. The third-order valence-corrected chi connectivity index (χ3v) is 7.14. The second kappa shape index (κ2) is 10.0. The number of nitrogens with one attached hydrogen (secondary N) is 1.